The van der Waals surface area contributed by atoms with Crippen LogP contribution in [0.1, 0.15) is 33.6 Å². The molecule has 0 bridgehead atoms. The van der Waals surface area contributed by atoms with Gasteiger partial charge in [-0.3, -0.25) is 0 Å². The van der Waals surface area contributed by atoms with E-state index in [0.29, 0.717) is 6.54 Å². The van der Waals surface area contributed by atoms with Gasteiger partial charge in [-0.15, -0.1) is 0 Å². The molecule has 0 saturated heterocycles. The van der Waals surface area contributed by atoms with Gasteiger partial charge in [-0.2, -0.15) is 0 Å². The number of nitrogens with one attached hydrogen (secondary N) is 1. The van der Waals surface area contributed by atoms with Crippen LogP contribution in [0.4, 0.5) is 4.79 Å². The molecule has 4 nitrogen and oxygen atoms in total. The second-order valence-electron chi connectivity index (χ2n) is 5.02. The molecular formula is C13H21NO3. The number of hydrogen-bond acceptors (Lipinski definition) is 3. The molecule has 1 rings (SSSR count). The largest absolute Gasteiger partial charge is 0.501 e. The van der Waals surface area contributed by atoms with Crippen molar-refractivity contribution in [1.82, 2.24) is 5.32 Å². The van der Waals surface area contributed by atoms with Gasteiger partial charge in [0.15, 0.2) is 0 Å². The Morgan fingerprint density at radius 3 is 2.53 bits per heavy atom. The molecule has 0 heterocycles. The molecule has 4 heteroatoms. The maximum absolute atomic E-state index is 11.4. The van der Waals surface area contributed by atoms with E-state index in [-0.39, 0.29) is 6.09 Å². The fraction of sp³-hybridized carbons (Fsp3) is 0.615. The van der Waals surface area contributed by atoms with Crippen LogP contribution in [0.3, 0.4) is 0 Å². The Morgan fingerprint density at radius 2 is 2.06 bits per heavy atom. The highest BCUT2D eigenvalue weighted by atomic mass is 16.6. The Kier molecular flexibility index (Phi) is 4.61. The Hall–Kier alpha value is -1.45. The number of methoxy groups -OCH3 is 1. The summed E-state index contributed by atoms with van der Waals surface area (Å²) in [4.78, 5) is 11.4. The van der Waals surface area contributed by atoms with E-state index in [9.17, 15) is 4.79 Å². The average Bonchev–Trinajstić information content (AvgIpc) is 2.25. The van der Waals surface area contributed by atoms with Gasteiger partial charge in [-0.05, 0) is 33.3 Å². The highest BCUT2D eigenvalue weighted by Gasteiger charge is 2.16. The third-order valence-corrected chi connectivity index (χ3v) is 2.32. The van der Waals surface area contributed by atoms with E-state index in [2.05, 4.69) is 5.32 Å². The Bertz CT molecular complexity index is 337. The minimum Gasteiger partial charge on any atom is -0.501 e. The first-order valence-electron chi connectivity index (χ1n) is 5.80. The molecule has 0 aromatic rings. The van der Waals surface area contributed by atoms with E-state index in [4.69, 9.17) is 9.47 Å². The van der Waals surface area contributed by atoms with Crippen molar-refractivity contribution in [2.45, 2.75) is 39.2 Å². The first-order chi connectivity index (χ1) is 7.90. The molecule has 96 valence electrons. The number of rotatable bonds is 3. The molecule has 0 unspecified atom stereocenters. The van der Waals surface area contributed by atoms with Gasteiger partial charge in [-0.25, -0.2) is 4.79 Å². The number of hydrogen-bond donors (Lipinski definition) is 1. The van der Waals surface area contributed by atoms with E-state index < -0.39 is 5.60 Å². The van der Waals surface area contributed by atoms with Crippen LogP contribution < -0.4 is 5.32 Å². The summed E-state index contributed by atoms with van der Waals surface area (Å²) in [7, 11) is 1.67. The number of carbonyl (C=O) groups excluding carboxylic acids is 1. The van der Waals surface area contributed by atoms with Crippen molar-refractivity contribution in [3.63, 3.8) is 0 Å². The van der Waals surface area contributed by atoms with Crippen LogP contribution in [0.2, 0.25) is 0 Å². The minimum absolute atomic E-state index is 0.375. The lowest BCUT2D eigenvalue weighted by Gasteiger charge is -2.20. The molecule has 0 aromatic carbocycles. The third-order valence-electron chi connectivity index (χ3n) is 2.32. The van der Waals surface area contributed by atoms with E-state index in [0.717, 1.165) is 18.6 Å². The lowest BCUT2D eigenvalue weighted by molar-refractivity contribution is 0.0532. The molecule has 0 aliphatic heterocycles. The predicted octanol–water partition coefficient (Wildman–Crippen LogP) is 2.76. The second kappa shape index (κ2) is 5.75. The van der Waals surface area contributed by atoms with Gasteiger partial charge < -0.3 is 14.8 Å². The van der Waals surface area contributed by atoms with Crippen LogP contribution in [0.25, 0.3) is 0 Å². The lowest BCUT2D eigenvalue weighted by atomic mass is 10.0. The molecule has 0 saturated carbocycles. The van der Waals surface area contributed by atoms with E-state index in [1.807, 2.05) is 32.9 Å². The van der Waals surface area contributed by atoms with Crippen LogP contribution in [-0.2, 0) is 9.47 Å². The summed E-state index contributed by atoms with van der Waals surface area (Å²) in [5, 5.41) is 2.74. The van der Waals surface area contributed by atoms with Gasteiger partial charge in [0.2, 0.25) is 0 Å². The van der Waals surface area contributed by atoms with Crippen LogP contribution in [-0.4, -0.2) is 25.3 Å². The standard InChI is InChI=1S/C13H21NO3/c1-13(2,3)17-12(15)14-9-10-5-7-11(16-4)8-6-10/h5,7H,6,8-9H2,1-4H3,(H,14,15). The van der Waals surface area contributed by atoms with Crippen molar-refractivity contribution in [3.05, 3.63) is 23.5 Å². The molecule has 0 aromatic heterocycles. The molecule has 1 N–H and O–H groups in total. The molecule has 0 radical (unpaired) electrons. The van der Waals surface area contributed by atoms with Gasteiger partial charge in [0, 0.05) is 13.0 Å². The Morgan fingerprint density at radius 1 is 1.35 bits per heavy atom. The summed E-state index contributed by atoms with van der Waals surface area (Å²) in [6.45, 7) is 6.07. The highest BCUT2D eigenvalue weighted by molar-refractivity contribution is 5.68. The first kappa shape index (κ1) is 13.6. The molecule has 0 spiro atoms. The van der Waals surface area contributed by atoms with Crippen LogP contribution in [0.5, 0.6) is 0 Å². The summed E-state index contributed by atoms with van der Waals surface area (Å²) in [5.41, 5.74) is 0.727. The smallest absolute Gasteiger partial charge is 0.407 e. The maximum Gasteiger partial charge on any atom is 0.407 e. The van der Waals surface area contributed by atoms with Crippen molar-refractivity contribution in [2.75, 3.05) is 13.7 Å². The highest BCUT2D eigenvalue weighted by Crippen LogP contribution is 2.18. The molecule has 1 amide bonds. The lowest BCUT2D eigenvalue weighted by Crippen LogP contribution is -2.33. The fourth-order valence-electron chi connectivity index (χ4n) is 1.48. The minimum atomic E-state index is -0.450. The van der Waals surface area contributed by atoms with Crippen molar-refractivity contribution in [3.8, 4) is 0 Å². The van der Waals surface area contributed by atoms with E-state index >= 15 is 0 Å². The zero-order valence-electron chi connectivity index (χ0n) is 11.0. The van der Waals surface area contributed by atoms with Gasteiger partial charge in [0.05, 0.1) is 12.9 Å². The second-order valence-corrected chi connectivity index (χ2v) is 5.02. The Balaban J connectivity index is 2.35. The first-order valence-corrected chi connectivity index (χ1v) is 5.80. The third kappa shape index (κ3) is 5.43. The summed E-state index contributed by atoms with van der Waals surface area (Å²) in [6.07, 6.45) is 5.35. The van der Waals surface area contributed by atoms with Crippen molar-refractivity contribution in [1.29, 1.82) is 0 Å². The van der Waals surface area contributed by atoms with E-state index in [1.54, 1.807) is 7.11 Å². The van der Waals surface area contributed by atoms with Crippen molar-refractivity contribution < 1.29 is 14.3 Å². The monoisotopic (exact) mass is 239 g/mol. The summed E-state index contributed by atoms with van der Waals surface area (Å²) < 4.78 is 10.3. The molecule has 0 fully saturated rings. The number of alkyl carbamates (subject to hydrolysis) is 1. The summed E-state index contributed by atoms with van der Waals surface area (Å²) in [5.74, 6) is 0.978. The van der Waals surface area contributed by atoms with Crippen molar-refractivity contribution in [2.24, 2.45) is 0 Å². The number of amides is 1. The fourth-order valence-corrected chi connectivity index (χ4v) is 1.48. The number of carbonyl (C=O) groups is 1. The van der Waals surface area contributed by atoms with Gasteiger partial charge in [0.25, 0.3) is 0 Å². The van der Waals surface area contributed by atoms with Crippen molar-refractivity contribution >= 4 is 6.09 Å². The summed E-state index contributed by atoms with van der Waals surface area (Å²) in [6, 6.07) is 0. The SMILES string of the molecule is COC1=CC=C(CNC(=O)OC(C)(C)C)CC1. The average molecular weight is 239 g/mol. The van der Waals surface area contributed by atoms with E-state index in [1.165, 1.54) is 5.57 Å². The van der Waals surface area contributed by atoms with Gasteiger partial charge in [0.1, 0.15) is 5.60 Å². The quantitative estimate of drug-likeness (QED) is 0.823. The molecule has 1 aliphatic rings. The van der Waals surface area contributed by atoms with Gasteiger partial charge in [-0.1, -0.05) is 11.6 Å². The Labute approximate surface area is 103 Å². The molecule has 17 heavy (non-hydrogen) atoms. The predicted molar refractivity (Wildman–Crippen MR) is 66.6 cm³/mol. The molecule has 1 aliphatic carbocycles. The molecular weight excluding hydrogens is 218 g/mol. The van der Waals surface area contributed by atoms with Crippen LogP contribution in [0.15, 0.2) is 23.5 Å². The normalized spacial score (nSPS) is 15.8. The number of allylic oxidation sites excluding steroid dienone is 3. The zero-order valence-corrected chi connectivity index (χ0v) is 11.0. The maximum atomic E-state index is 11.4. The molecule has 0 atom stereocenters. The summed E-state index contributed by atoms with van der Waals surface area (Å²) >= 11 is 0. The van der Waals surface area contributed by atoms with Crippen LogP contribution in [0, 0.1) is 0 Å². The van der Waals surface area contributed by atoms with Crippen LogP contribution >= 0.6 is 0 Å². The van der Waals surface area contributed by atoms with Gasteiger partial charge >= 0.3 is 6.09 Å². The zero-order chi connectivity index (χ0) is 12.9. The topological polar surface area (TPSA) is 47.6 Å². The number of ether oxygens (including phenoxy) is 2.